The van der Waals surface area contributed by atoms with Crippen LogP contribution in [-0.2, 0) is 4.79 Å². The summed E-state index contributed by atoms with van der Waals surface area (Å²) in [6, 6.07) is 6.88. The molecule has 0 unspecified atom stereocenters. The van der Waals surface area contributed by atoms with Gasteiger partial charge >= 0.3 is 5.97 Å². The smallest absolute Gasteiger partial charge is 0.311 e. The van der Waals surface area contributed by atoms with E-state index in [0.29, 0.717) is 12.2 Å². The Kier molecular flexibility index (Phi) is 3.94. The number of anilines is 1. The minimum absolute atomic E-state index is 0.207. The zero-order chi connectivity index (χ0) is 10.4. The van der Waals surface area contributed by atoms with E-state index in [1.165, 1.54) is 0 Å². The van der Waals surface area contributed by atoms with Crippen molar-refractivity contribution >= 4 is 11.7 Å². The van der Waals surface area contributed by atoms with Crippen LogP contribution in [0.15, 0.2) is 24.3 Å². The summed E-state index contributed by atoms with van der Waals surface area (Å²) in [5.41, 5.74) is 3.27. The van der Waals surface area contributed by atoms with Crippen LogP contribution in [0.5, 0.6) is 5.75 Å². The molecule has 0 radical (unpaired) electrons. The van der Waals surface area contributed by atoms with Gasteiger partial charge in [-0.15, -0.1) is 0 Å². The number of hydrazine groups is 1. The highest BCUT2D eigenvalue weighted by atomic mass is 16.5. The second-order valence-electron chi connectivity index (χ2n) is 2.89. The number of hydrogen-bond acceptors (Lipinski definition) is 4. The Morgan fingerprint density at radius 2 is 2.07 bits per heavy atom. The monoisotopic (exact) mass is 194 g/mol. The summed E-state index contributed by atoms with van der Waals surface area (Å²) in [7, 11) is 0. The fourth-order valence-electron chi connectivity index (χ4n) is 1.01. The van der Waals surface area contributed by atoms with Gasteiger partial charge in [0.1, 0.15) is 5.75 Å². The lowest BCUT2D eigenvalue weighted by Crippen LogP contribution is -2.08. The normalized spacial score (nSPS) is 9.57. The van der Waals surface area contributed by atoms with Crippen molar-refractivity contribution in [3.05, 3.63) is 24.3 Å². The van der Waals surface area contributed by atoms with Crippen LogP contribution in [0.3, 0.4) is 0 Å². The predicted molar refractivity (Wildman–Crippen MR) is 54.8 cm³/mol. The van der Waals surface area contributed by atoms with Crippen molar-refractivity contribution in [3.63, 3.8) is 0 Å². The molecule has 1 aromatic carbocycles. The Morgan fingerprint density at radius 3 is 2.57 bits per heavy atom. The lowest BCUT2D eigenvalue weighted by atomic mass is 10.3. The third kappa shape index (κ3) is 3.06. The zero-order valence-electron chi connectivity index (χ0n) is 8.12. The number of ether oxygens (including phenoxy) is 1. The third-order valence-electron chi connectivity index (χ3n) is 1.71. The molecule has 0 aliphatic carbocycles. The van der Waals surface area contributed by atoms with Gasteiger partial charge in [-0.2, -0.15) is 0 Å². The van der Waals surface area contributed by atoms with E-state index in [0.717, 1.165) is 12.1 Å². The average Bonchev–Trinajstić information content (AvgIpc) is 2.19. The van der Waals surface area contributed by atoms with Crippen LogP contribution in [0.25, 0.3) is 0 Å². The van der Waals surface area contributed by atoms with Crippen LogP contribution < -0.4 is 16.0 Å². The number of rotatable bonds is 4. The van der Waals surface area contributed by atoms with E-state index in [9.17, 15) is 4.79 Å². The largest absolute Gasteiger partial charge is 0.427 e. The molecular weight excluding hydrogens is 180 g/mol. The van der Waals surface area contributed by atoms with Gasteiger partial charge in [0.05, 0.1) is 0 Å². The second kappa shape index (κ2) is 5.24. The topological polar surface area (TPSA) is 64.3 Å². The highest BCUT2D eigenvalue weighted by Gasteiger charge is 2.02. The zero-order valence-corrected chi connectivity index (χ0v) is 8.12. The quantitative estimate of drug-likeness (QED) is 0.331. The minimum atomic E-state index is -0.207. The summed E-state index contributed by atoms with van der Waals surface area (Å²) >= 11 is 0. The minimum Gasteiger partial charge on any atom is -0.427 e. The van der Waals surface area contributed by atoms with Crippen LogP contribution in [0, 0.1) is 0 Å². The number of nitrogens with two attached hydrogens (primary N) is 1. The summed E-state index contributed by atoms with van der Waals surface area (Å²) in [5.74, 6) is 5.53. The van der Waals surface area contributed by atoms with E-state index >= 15 is 0 Å². The van der Waals surface area contributed by atoms with Gasteiger partial charge in [-0.25, -0.2) is 0 Å². The van der Waals surface area contributed by atoms with Gasteiger partial charge in [-0.05, 0) is 30.7 Å². The van der Waals surface area contributed by atoms with Crippen LogP contribution in [-0.4, -0.2) is 5.97 Å². The molecule has 0 saturated carbocycles. The van der Waals surface area contributed by atoms with E-state index in [1.54, 1.807) is 24.3 Å². The Morgan fingerprint density at radius 1 is 1.43 bits per heavy atom. The lowest BCUT2D eigenvalue weighted by Gasteiger charge is -2.04. The first-order valence-corrected chi connectivity index (χ1v) is 4.53. The maximum Gasteiger partial charge on any atom is 0.311 e. The van der Waals surface area contributed by atoms with Gasteiger partial charge in [0.25, 0.3) is 0 Å². The molecule has 0 saturated heterocycles. The van der Waals surface area contributed by atoms with Gasteiger partial charge in [-0.3, -0.25) is 10.6 Å². The van der Waals surface area contributed by atoms with E-state index in [4.69, 9.17) is 10.6 Å². The maximum absolute atomic E-state index is 11.1. The molecule has 4 heteroatoms. The van der Waals surface area contributed by atoms with Crippen LogP contribution in [0.4, 0.5) is 5.69 Å². The summed E-state index contributed by atoms with van der Waals surface area (Å²) in [5, 5.41) is 0. The van der Waals surface area contributed by atoms with E-state index in [2.05, 4.69) is 5.43 Å². The number of esters is 1. The first kappa shape index (κ1) is 10.5. The van der Waals surface area contributed by atoms with Crippen LogP contribution in [0.2, 0.25) is 0 Å². The molecule has 0 aromatic heterocycles. The standard InChI is InChI=1S/C10H14N2O2/c1-2-3-10(13)14-9-6-4-8(12-11)5-7-9/h4-7,12H,2-3,11H2,1H3. The Hall–Kier alpha value is -1.55. The van der Waals surface area contributed by atoms with Gasteiger partial charge in [0.15, 0.2) is 0 Å². The number of nitrogens with one attached hydrogen (secondary N) is 1. The first-order valence-electron chi connectivity index (χ1n) is 4.53. The van der Waals surface area contributed by atoms with Crippen molar-refractivity contribution in [1.82, 2.24) is 0 Å². The molecule has 0 spiro atoms. The number of benzene rings is 1. The summed E-state index contributed by atoms with van der Waals surface area (Å²) in [4.78, 5) is 11.1. The fraction of sp³-hybridized carbons (Fsp3) is 0.300. The summed E-state index contributed by atoms with van der Waals surface area (Å²) < 4.78 is 5.05. The molecule has 0 aliphatic heterocycles. The molecule has 0 amide bonds. The molecule has 0 aliphatic rings. The summed E-state index contributed by atoms with van der Waals surface area (Å²) in [6.07, 6.45) is 1.23. The van der Waals surface area contributed by atoms with Crippen LogP contribution >= 0.6 is 0 Å². The highest BCUT2D eigenvalue weighted by molar-refractivity contribution is 5.72. The molecular formula is C10H14N2O2. The summed E-state index contributed by atoms with van der Waals surface area (Å²) in [6.45, 7) is 1.93. The molecule has 0 atom stereocenters. The van der Waals surface area contributed by atoms with Crippen molar-refractivity contribution in [3.8, 4) is 5.75 Å². The van der Waals surface area contributed by atoms with Crippen molar-refractivity contribution in [1.29, 1.82) is 0 Å². The predicted octanol–water partition coefficient (Wildman–Crippen LogP) is 1.68. The Labute approximate surface area is 83.0 Å². The number of nitrogen functional groups attached to an aromatic ring is 1. The first-order chi connectivity index (χ1) is 6.76. The van der Waals surface area contributed by atoms with Crippen molar-refractivity contribution < 1.29 is 9.53 Å². The Bertz CT molecular complexity index is 295. The van der Waals surface area contributed by atoms with E-state index in [-0.39, 0.29) is 5.97 Å². The maximum atomic E-state index is 11.1. The Balaban J connectivity index is 2.55. The van der Waals surface area contributed by atoms with E-state index in [1.807, 2.05) is 6.92 Å². The molecule has 76 valence electrons. The number of carbonyl (C=O) groups excluding carboxylic acids is 1. The molecule has 3 N–H and O–H groups in total. The molecule has 0 heterocycles. The highest BCUT2D eigenvalue weighted by Crippen LogP contribution is 2.15. The van der Waals surface area contributed by atoms with Gasteiger partial charge in [-0.1, -0.05) is 6.92 Å². The third-order valence-corrected chi connectivity index (χ3v) is 1.71. The van der Waals surface area contributed by atoms with Gasteiger partial charge < -0.3 is 10.2 Å². The molecule has 1 aromatic rings. The van der Waals surface area contributed by atoms with E-state index < -0.39 is 0 Å². The molecule has 0 bridgehead atoms. The molecule has 0 fully saturated rings. The van der Waals surface area contributed by atoms with Crippen molar-refractivity contribution in [2.75, 3.05) is 5.43 Å². The number of carbonyl (C=O) groups is 1. The molecule has 14 heavy (non-hydrogen) atoms. The number of hydrogen-bond donors (Lipinski definition) is 2. The lowest BCUT2D eigenvalue weighted by molar-refractivity contribution is -0.134. The van der Waals surface area contributed by atoms with Crippen LogP contribution in [0.1, 0.15) is 19.8 Å². The van der Waals surface area contributed by atoms with Crippen molar-refractivity contribution in [2.45, 2.75) is 19.8 Å². The van der Waals surface area contributed by atoms with Gasteiger partial charge in [0, 0.05) is 12.1 Å². The molecule has 4 nitrogen and oxygen atoms in total. The molecule has 1 rings (SSSR count). The van der Waals surface area contributed by atoms with Gasteiger partial charge in [0.2, 0.25) is 0 Å². The average molecular weight is 194 g/mol. The van der Waals surface area contributed by atoms with Crippen molar-refractivity contribution in [2.24, 2.45) is 5.84 Å². The second-order valence-corrected chi connectivity index (χ2v) is 2.89. The SMILES string of the molecule is CCCC(=O)Oc1ccc(NN)cc1. The fourth-order valence-corrected chi connectivity index (χ4v) is 1.01.